The van der Waals surface area contributed by atoms with Crippen molar-refractivity contribution < 1.29 is 36.6 Å². The number of benzene rings is 1. The van der Waals surface area contributed by atoms with Gasteiger partial charge in [-0.25, -0.2) is 4.39 Å². The lowest BCUT2D eigenvalue weighted by Crippen LogP contribution is -2.55. The van der Waals surface area contributed by atoms with E-state index in [0.717, 1.165) is 82.0 Å². The molecule has 2 saturated carbocycles. The Bertz CT molecular complexity index is 1180. The second-order valence-corrected chi connectivity index (χ2v) is 15.9. The van der Waals surface area contributed by atoms with Gasteiger partial charge in [-0.15, -0.1) is 0 Å². The highest BCUT2D eigenvalue weighted by Gasteiger charge is 2.64. The Morgan fingerprint density at radius 3 is 2.42 bits per heavy atom. The van der Waals surface area contributed by atoms with Crippen LogP contribution < -0.4 is 0 Å². The van der Waals surface area contributed by atoms with Crippen LogP contribution >= 0.6 is 15.9 Å². The predicted molar refractivity (Wildman–Crippen MR) is 167 cm³/mol. The zero-order chi connectivity index (χ0) is 32.8. The molecule has 0 spiro atoms. The Hall–Kier alpha value is -1.00. The minimum absolute atomic E-state index is 0.121. The lowest BCUT2D eigenvalue weighted by atomic mass is 9.50. The summed E-state index contributed by atoms with van der Waals surface area (Å²) >= 11 is 3.60. The van der Waals surface area contributed by atoms with Crippen LogP contribution in [0.5, 0.6) is 5.75 Å². The summed E-state index contributed by atoms with van der Waals surface area (Å²) in [7, 11) is 0. The van der Waals surface area contributed by atoms with Gasteiger partial charge in [0.2, 0.25) is 0 Å². The molecule has 2 N–H and O–H groups in total. The average Bonchev–Trinajstić information content (AvgIpc) is 3.49. The highest BCUT2D eigenvalue weighted by atomic mass is 79.9. The Morgan fingerprint density at radius 2 is 1.69 bits per heavy atom. The molecule has 0 aromatic heterocycles. The molecule has 4 aliphatic rings. The van der Waals surface area contributed by atoms with E-state index in [2.05, 4.69) is 27.8 Å². The van der Waals surface area contributed by atoms with Crippen molar-refractivity contribution in [3.63, 3.8) is 0 Å². The van der Waals surface area contributed by atoms with E-state index in [1.54, 1.807) is 6.07 Å². The number of phenols is 1. The minimum atomic E-state index is -5.47. The molecule has 8 unspecified atom stereocenters. The molecule has 0 bridgehead atoms. The predicted octanol–water partition coefficient (Wildman–Crippen LogP) is 10.1. The number of hydrogen-bond acceptors (Lipinski definition) is 3. The largest absolute Gasteiger partial charge is 0.507 e. The van der Waals surface area contributed by atoms with Crippen molar-refractivity contribution in [3.8, 4) is 5.75 Å². The standard InChI is InChI=1S/C35H50BrF6NO2/c1-32-21-27(37)30-24-13-14-28(44)31(36)25(24)20-22(29(30)26(32)15-17-33(32,2)45)10-5-4-8-18-43-19-9-12-23(43)11-6-3-7-16-34(38,39)35(40,41)42/h13-14,22-23,26-27,29-30,44-45H,3-12,15-21H2,1-2H3. The molecule has 0 radical (unpaired) electrons. The van der Waals surface area contributed by atoms with Gasteiger partial charge in [-0.05, 0) is 135 Å². The molecular weight excluding hydrogens is 660 g/mol. The first kappa shape index (κ1) is 35.3. The van der Waals surface area contributed by atoms with Gasteiger partial charge in [0, 0.05) is 23.8 Å². The summed E-state index contributed by atoms with van der Waals surface area (Å²) in [5, 5.41) is 21.8. The summed E-state index contributed by atoms with van der Waals surface area (Å²) < 4.78 is 80.5. The van der Waals surface area contributed by atoms with Crippen molar-refractivity contribution in [2.24, 2.45) is 23.2 Å². The van der Waals surface area contributed by atoms with Gasteiger partial charge >= 0.3 is 12.1 Å². The topological polar surface area (TPSA) is 43.7 Å². The van der Waals surface area contributed by atoms with Crippen LogP contribution in [0.4, 0.5) is 26.3 Å². The first-order valence-electron chi connectivity index (χ1n) is 17.1. The maximum Gasteiger partial charge on any atom is 0.453 e. The number of phenolic OH excluding ortho intramolecular Hbond substituents is 1. The molecule has 256 valence electrons. The van der Waals surface area contributed by atoms with Crippen molar-refractivity contribution in [3.05, 3.63) is 27.7 Å². The number of nitrogens with zero attached hydrogens (tertiary/aromatic N) is 1. The number of likely N-dealkylation sites (tertiary alicyclic amines) is 1. The van der Waals surface area contributed by atoms with Crippen molar-refractivity contribution >= 4 is 15.9 Å². The lowest BCUT2D eigenvalue weighted by molar-refractivity contribution is -0.284. The molecule has 5 rings (SSSR count). The summed E-state index contributed by atoms with van der Waals surface area (Å²) in [6.07, 6.45) is 3.01. The number of aromatic hydroxyl groups is 1. The van der Waals surface area contributed by atoms with Gasteiger partial charge in [-0.2, -0.15) is 22.0 Å². The van der Waals surface area contributed by atoms with Crippen LogP contribution in [0, 0.1) is 23.2 Å². The van der Waals surface area contributed by atoms with Crippen molar-refractivity contribution in [2.45, 2.75) is 146 Å². The molecule has 1 saturated heterocycles. The van der Waals surface area contributed by atoms with E-state index in [1.807, 2.05) is 13.0 Å². The number of hydrogen-bond donors (Lipinski definition) is 2. The van der Waals surface area contributed by atoms with Crippen LogP contribution in [-0.2, 0) is 6.42 Å². The molecule has 3 aliphatic carbocycles. The van der Waals surface area contributed by atoms with E-state index in [4.69, 9.17) is 0 Å². The fraction of sp³-hybridized carbons (Fsp3) is 0.829. The number of halogens is 7. The van der Waals surface area contributed by atoms with E-state index in [0.29, 0.717) is 36.2 Å². The average molecular weight is 711 g/mol. The van der Waals surface area contributed by atoms with Gasteiger partial charge < -0.3 is 15.1 Å². The van der Waals surface area contributed by atoms with Crippen LogP contribution in [0.25, 0.3) is 0 Å². The third-order valence-electron chi connectivity index (χ3n) is 12.5. The van der Waals surface area contributed by atoms with Gasteiger partial charge in [0.05, 0.1) is 10.1 Å². The highest BCUT2D eigenvalue weighted by molar-refractivity contribution is 9.10. The SMILES string of the molecule is CC1(O)CCC2C3C(CCCCCN4CCCC4CCCCCC(F)(F)C(F)(F)F)Cc4c(ccc(O)c4Br)C3C(F)CC21C. The zero-order valence-corrected chi connectivity index (χ0v) is 28.2. The molecule has 0 amide bonds. The Balaban J connectivity index is 1.14. The molecule has 10 heteroatoms. The van der Waals surface area contributed by atoms with Gasteiger partial charge in [-0.3, -0.25) is 0 Å². The smallest absolute Gasteiger partial charge is 0.453 e. The Kier molecular flexibility index (Phi) is 10.6. The number of aliphatic hydroxyl groups is 1. The molecule has 45 heavy (non-hydrogen) atoms. The Labute approximate surface area is 272 Å². The van der Waals surface area contributed by atoms with Crippen molar-refractivity contribution in [1.29, 1.82) is 0 Å². The first-order valence-corrected chi connectivity index (χ1v) is 17.9. The number of unbranched alkanes of at least 4 members (excludes halogenated alkanes) is 4. The normalized spacial score (nSPS) is 35.3. The van der Waals surface area contributed by atoms with Crippen LogP contribution in [-0.4, -0.2) is 58.1 Å². The second kappa shape index (κ2) is 13.5. The molecule has 3 nitrogen and oxygen atoms in total. The van der Waals surface area contributed by atoms with Gasteiger partial charge in [0.1, 0.15) is 11.9 Å². The van der Waals surface area contributed by atoms with Crippen molar-refractivity contribution in [2.75, 3.05) is 13.1 Å². The van der Waals surface area contributed by atoms with Gasteiger partial charge in [-0.1, -0.05) is 38.7 Å². The molecule has 1 heterocycles. The van der Waals surface area contributed by atoms with E-state index in [9.17, 15) is 32.2 Å². The van der Waals surface area contributed by atoms with E-state index < -0.39 is 35.7 Å². The number of rotatable bonds is 12. The molecule has 1 aromatic rings. The third-order valence-corrected chi connectivity index (χ3v) is 13.4. The van der Waals surface area contributed by atoms with Crippen LogP contribution in [0.2, 0.25) is 0 Å². The monoisotopic (exact) mass is 709 g/mol. The number of fused-ring (bicyclic) bond motifs is 5. The summed E-state index contributed by atoms with van der Waals surface area (Å²) in [5.41, 5.74) is 0.699. The number of alkyl halides is 6. The minimum Gasteiger partial charge on any atom is -0.507 e. The van der Waals surface area contributed by atoms with E-state index >= 15 is 4.39 Å². The second-order valence-electron chi connectivity index (χ2n) is 15.1. The van der Waals surface area contributed by atoms with Gasteiger partial charge in [0.25, 0.3) is 0 Å². The summed E-state index contributed by atoms with van der Waals surface area (Å²) in [6.45, 7) is 5.93. The zero-order valence-electron chi connectivity index (χ0n) is 26.6. The molecule has 1 aliphatic heterocycles. The summed E-state index contributed by atoms with van der Waals surface area (Å²) in [5.74, 6) is -3.98. The van der Waals surface area contributed by atoms with Crippen molar-refractivity contribution in [1.82, 2.24) is 4.90 Å². The molecule has 8 atom stereocenters. The maximum atomic E-state index is 16.2. The van der Waals surface area contributed by atoms with E-state index in [1.165, 1.54) is 0 Å². The lowest BCUT2D eigenvalue weighted by Gasteiger charge is -2.56. The van der Waals surface area contributed by atoms with Crippen LogP contribution in [0.3, 0.4) is 0 Å². The molecular formula is C35H50BrF6NO2. The Morgan fingerprint density at radius 1 is 0.978 bits per heavy atom. The first-order chi connectivity index (χ1) is 21.1. The maximum absolute atomic E-state index is 16.2. The summed E-state index contributed by atoms with van der Waals surface area (Å²) in [4.78, 5) is 2.46. The van der Waals surface area contributed by atoms with E-state index in [-0.39, 0.29) is 35.8 Å². The van der Waals surface area contributed by atoms with Crippen LogP contribution in [0.1, 0.15) is 121 Å². The fourth-order valence-corrected chi connectivity index (χ4v) is 10.3. The third kappa shape index (κ3) is 6.95. The van der Waals surface area contributed by atoms with Crippen LogP contribution in [0.15, 0.2) is 16.6 Å². The molecule has 1 aromatic carbocycles. The fourth-order valence-electron chi connectivity index (χ4n) is 9.77. The quantitative estimate of drug-likeness (QED) is 0.168. The highest BCUT2D eigenvalue weighted by Crippen LogP contribution is 2.66. The molecule has 3 fully saturated rings. The van der Waals surface area contributed by atoms with Gasteiger partial charge in [0.15, 0.2) is 0 Å². The summed E-state index contributed by atoms with van der Waals surface area (Å²) in [6, 6.07) is 3.95.